The van der Waals surface area contributed by atoms with E-state index >= 15 is 0 Å². The molecule has 1 atom stereocenters. The molecular weight excluding hydrogens is 178 g/mol. The summed E-state index contributed by atoms with van der Waals surface area (Å²) in [6, 6.07) is -0.118. The number of likely N-dealkylation sites (N-methyl/N-ethyl adjacent to an activating group) is 1. The van der Waals surface area contributed by atoms with Crippen molar-refractivity contribution in [2.45, 2.75) is 46.3 Å². The first-order valence-electron chi connectivity index (χ1n) is 5.16. The van der Waals surface area contributed by atoms with Gasteiger partial charge in [0.05, 0.1) is 11.7 Å². The first kappa shape index (κ1) is 13.4. The molecule has 0 fully saturated rings. The molecule has 0 aromatic carbocycles. The van der Waals surface area contributed by atoms with Gasteiger partial charge in [0.25, 0.3) is 0 Å². The molecule has 4 nitrogen and oxygen atoms in total. The number of amides is 1. The van der Waals surface area contributed by atoms with Gasteiger partial charge in [-0.2, -0.15) is 0 Å². The van der Waals surface area contributed by atoms with Gasteiger partial charge in [0.15, 0.2) is 0 Å². The smallest absolute Gasteiger partial charge is 0.238 e. The zero-order chi connectivity index (χ0) is 11.4. The van der Waals surface area contributed by atoms with Crippen LogP contribution < -0.4 is 11.1 Å². The van der Waals surface area contributed by atoms with E-state index in [1.807, 2.05) is 20.8 Å². The fourth-order valence-electron chi connectivity index (χ4n) is 1.36. The summed E-state index contributed by atoms with van der Waals surface area (Å²) in [5, 5.41) is 2.77. The number of nitrogens with one attached hydrogen (secondary N) is 1. The highest BCUT2D eigenvalue weighted by Gasteiger charge is 2.22. The minimum Gasteiger partial charge on any atom is -0.337 e. The Morgan fingerprint density at radius 1 is 1.43 bits per heavy atom. The number of nitrogens with zero attached hydrogens (tertiary/aromatic N) is 1. The molecule has 0 heterocycles. The number of hydrogen-bond acceptors (Lipinski definition) is 3. The Kier molecular flexibility index (Phi) is 5.08. The molecule has 0 rings (SSSR count). The topological polar surface area (TPSA) is 58.4 Å². The van der Waals surface area contributed by atoms with Crippen LogP contribution in [0.3, 0.4) is 0 Å². The molecule has 0 saturated carbocycles. The second-order valence-corrected chi connectivity index (χ2v) is 4.11. The first-order chi connectivity index (χ1) is 6.31. The van der Waals surface area contributed by atoms with E-state index in [0.717, 1.165) is 13.1 Å². The van der Waals surface area contributed by atoms with Crippen molar-refractivity contribution in [3.05, 3.63) is 0 Å². The molecule has 0 spiro atoms. The molecule has 1 amide bonds. The number of nitrogens with two attached hydrogens (primary N) is 1. The van der Waals surface area contributed by atoms with Crippen LogP contribution in [0.25, 0.3) is 0 Å². The molecule has 0 aromatic heterocycles. The largest absolute Gasteiger partial charge is 0.337 e. The fourth-order valence-corrected chi connectivity index (χ4v) is 1.36. The monoisotopic (exact) mass is 201 g/mol. The lowest BCUT2D eigenvalue weighted by Crippen LogP contribution is -2.56. The maximum absolute atomic E-state index is 11.7. The van der Waals surface area contributed by atoms with E-state index in [1.165, 1.54) is 0 Å². The molecule has 84 valence electrons. The Labute approximate surface area is 86.8 Å². The fraction of sp³-hybridized carbons (Fsp3) is 0.900. The van der Waals surface area contributed by atoms with Crippen LogP contribution in [0.2, 0.25) is 0 Å². The molecule has 14 heavy (non-hydrogen) atoms. The molecule has 0 radical (unpaired) electrons. The SMILES string of the molecule is CCN(CC)[C@@H](C)C(=O)NC(C)(C)N. The van der Waals surface area contributed by atoms with Gasteiger partial charge >= 0.3 is 0 Å². The van der Waals surface area contributed by atoms with Crippen LogP contribution in [0.15, 0.2) is 0 Å². The number of rotatable bonds is 5. The van der Waals surface area contributed by atoms with Crippen LogP contribution in [0, 0.1) is 0 Å². The van der Waals surface area contributed by atoms with Crippen molar-refractivity contribution >= 4 is 5.91 Å². The molecule has 0 bridgehead atoms. The van der Waals surface area contributed by atoms with Crippen LogP contribution in [0.5, 0.6) is 0 Å². The predicted octanol–water partition coefficient (Wildman–Crippen LogP) is 0.528. The summed E-state index contributed by atoms with van der Waals surface area (Å²) in [5.41, 5.74) is 5.07. The molecule has 0 aliphatic carbocycles. The lowest BCUT2D eigenvalue weighted by atomic mass is 10.2. The molecular formula is C10H23N3O. The Balaban J connectivity index is 4.24. The van der Waals surface area contributed by atoms with Gasteiger partial charge in [-0.25, -0.2) is 0 Å². The average Bonchev–Trinajstić information content (AvgIpc) is 2.03. The van der Waals surface area contributed by atoms with E-state index in [1.54, 1.807) is 13.8 Å². The Bertz CT molecular complexity index is 182. The molecule has 0 aliphatic rings. The first-order valence-corrected chi connectivity index (χ1v) is 5.16. The van der Waals surface area contributed by atoms with Gasteiger partial charge in [0.2, 0.25) is 5.91 Å². The van der Waals surface area contributed by atoms with Crippen LogP contribution in [0.4, 0.5) is 0 Å². The average molecular weight is 201 g/mol. The van der Waals surface area contributed by atoms with Crippen molar-refractivity contribution in [2.75, 3.05) is 13.1 Å². The lowest BCUT2D eigenvalue weighted by molar-refractivity contribution is -0.127. The summed E-state index contributed by atoms with van der Waals surface area (Å²) in [5.74, 6) is -0.0128. The van der Waals surface area contributed by atoms with E-state index in [-0.39, 0.29) is 11.9 Å². The minimum absolute atomic E-state index is 0.0128. The van der Waals surface area contributed by atoms with E-state index < -0.39 is 5.66 Å². The molecule has 0 aliphatic heterocycles. The van der Waals surface area contributed by atoms with Gasteiger partial charge in [-0.3, -0.25) is 9.69 Å². The molecule has 0 unspecified atom stereocenters. The van der Waals surface area contributed by atoms with E-state index in [4.69, 9.17) is 5.73 Å². The molecule has 4 heteroatoms. The van der Waals surface area contributed by atoms with Crippen LogP contribution in [-0.4, -0.2) is 35.6 Å². The maximum Gasteiger partial charge on any atom is 0.238 e. The van der Waals surface area contributed by atoms with Crippen molar-refractivity contribution in [3.63, 3.8) is 0 Å². The Morgan fingerprint density at radius 3 is 2.14 bits per heavy atom. The second kappa shape index (κ2) is 5.32. The van der Waals surface area contributed by atoms with Crippen LogP contribution >= 0.6 is 0 Å². The van der Waals surface area contributed by atoms with Gasteiger partial charge in [0.1, 0.15) is 0 Å². The molecule has 0 aromatic rings. The highest BCUT2D eigenvalue weighted by molar-refractivity contribution is 5.81. The third kappa shape index (κ3) is 4.58. The van der Waals surface area contributed by atoms with Gasteiger partial charge in [-0.1, -0.05) is 13.8 Å². The zero-order valence-electron chi connectivity index (χ0n) is 9.92. The second-order valence-electron chi connectivity index (χ2n) is 4.11. The van der Waals surface area contributed by atoms with Crippen molar-refractivity contribution in [2.24, 2.45) is 5.73 Å². The predicted molar refractivity (Wildman–Crippen MR) is 58.8 cm³/mol. The Hall–Kier alpha value is -0.610. The number of carbonyl (C=O) groups is 1. The number of carbonyl (C=O) groups excluding carboxylic acids is 1. The third-order valence-corrected chi connectivity index (χ3v) is 2.18. The van der Waals surface area contributed by atoms with Crippen molar-refractivity contribution < 1.29 is 4.79 Å². The standard InChI is InChI=1S/C10H23N3O/c1-6-13(7-2)8(3)9(14)12-10(4,5)11/h8H,6-7,11H2,1-5H3,(H,12,14)/t8-/m0/s1. The normalized spacial score (nSPS) is 14.2. The Morgan fingerprint density at radius 2 is 1.86 bits per heavy atom. The quantitative estimate of drug-likeness (QED) is 0.638. The highest BCUT2D eigenvalue weighted by atomic mass is 16.2. The summed E-state index contributed by atoms with van der Waals surface area (Å²) in [4.78, 5) is 13.8. The van der Waals surface area contributed by atoms with Gasteiger partial charge < -0.3 is 11.1 Å². The van der Waals surface area contributed by atoms with Gasteiger partial charge in [-0.05, 0) is 33.9 Å². The lowest BCUT2D eigenvalue weighted by Gasteiger charge is -2.29. The summed E-state index contributed by atoms with van der Waals surface area (Å²) >= 11 is 0. The van der Waals surface area contributed by atoms with Crippen molar-refractivity contribution in [1.29, 1.82) is 0 Å². The van der Waals surface area contributed by atoms with Crippen molar-refractivity contribution in [3.8, 4) is 0 Å². The van der Waals surface area contributed by atoms with Gasteiger partial charge in [0, 0.05) is 0 Å². The minimum atomic E-state index is -0.640. The summed E-state index contributed by atoms with van der Waals surface area (Å²) < 4.78 is 0. The highest BCUT2D eigenvalue weighted by Crippen LogP contribution is 2.00. The summed E-state index contributed by atoms with van der Waals surface area (Å²) in [6.07, 6.45) is 0. The van der Waals surface area contributed by atoms with Crippen LogP contribution in [-0.2, 0) is 4.79 Å². The number of hydrogen-bond donors (Lipinski definition) is 2. The summed E-state index contributed by atoms with van der Waals surface area (Å²) in [6.45, 7) is 11.3. The molecule has 0 saturated heterocycles. The van der Waals surface area contributed by atoms with E-state index in [9.17, 15) is 4.79 Å². The van der Waals surface area contributed by atoms with Crippen molar-refractivity contribution in [1.82, 2.24) is 10.2 Å². The maximum atomic E-state index is 11.7. The zero-order valence-corrected chi connectivity index (χ0v) is 9.92. The van der Waals surface area contributed by atoms with E-state index in [0.29, 0.717) is 0 Å². The third-order valence-electron chi connectivity index (χ3n) is 2.18. The van der Waals surface area contributed by atoms with Crippen LogP contribution in [0.1, 0.15) is 34.6 Å². The molecule has 3 N–H and O–H groups in total. The van der Waals surface area contributed by atoms with Gasteiger partial charge in [-0.15, -0.1) is 0 Å². The summed E-state index contributed by atoms with van der Waals surface area (Å²) in [7, 11) is 0. The van der Waals surface area contributed by atoms with E-state index in [2.05, 4.69) is 10.2 Å².